The second-order valence-electron chi connectivity index (χ2n) is 6.58. The first-order valence-corrected chi connectivity index (χ1v) is 10.8. The van der Waals surface area contributed by atoms with Crippen molar-refractivity contribution in [1.82, 2.24) is 5.32 Å². The molecule has 2 aromatic rings. The molecule has 0 radical (unpaired) electrons. The van der Waals surface area contributed by atoms with Gasteiger partial charge in [0, 0.05) is 19.5 Å². The number of carbonyl (C=O) groups is 1. The molecule has 0 fully saturated rings. The van der Waals surface area contributed by atoms with Gasteiger partial charge in [0.15, 0.2) is 6.10 Å². The summed E-state index contributed by atoms with van der Waals surface area (Å²) in [5, 5.41) is 2.90. The molecule has 0 saturated heterocycles. The van der Waals surface area contributed by atoms with Crippen LogP contribution >= 0.6 is 0 Å². The highest BCUT2D eigenvalue weighted by Gasteiger charge is 2.30. The van der Waals surface area contributed by atoms with Crippen molar-refractivity contribution in [3.8, 4) is 5.75 Å². The Hall–Kier alpha value is -2.54. The van der Waals surface area contributed by atoms with Gasteiger partial charge in [-0.3, -0.25) is 9.10 Å². The molecule has 144 valence electrons. The van der Waals surface area contributed by atoms with Gasteiger partial charge in [-0.1, -0.05) is 42.5 Å². The SMILES string of the molecule is CS(=O)(=O)N1CCC(C(=O)NCCCc2ccccc2)Oc2ccccc21. The number of para-hydroxylation sites is 2. The summed E-state index contributed by atoms with van der Waals surface area (Å²) in [5.74, 6) is 0.193. The highest BCUT2D eigenvalue weighted by Crippen LogP contribution is 2.33. The number of hydrogen-bond donors (Lipinski definition) is 1. The lowest BCUT2D eigenvalue weighted by molar-refractivity contribution is -0.128. The zero-order chi connectivity index (χ0) is 19.3. The van der Waals surface area contributed by atoms with Crippen LogP contribution in [0.4, 0.5) is 5.69 Å². The van der Waals surface area contributed by atoms with Crippen LogP contribution in [0.5, 0.6) is 5.75 Å². The van der Waals surface area contributed by atoms with Crippen LogP contribution in [-0.4, -0.2) is 39.8 Å². The predicted octanol–water partition coefficient (Wildman–Crippen LogP) is 2.35. The second kappa shape index (κ2) is 8.43. The summed E-state index contributed by atoms with van der Waals surface area (Å²) in [6, 6.07) is 17.0. The predicted molar refractivity (Wildman–Crippen MR) is 105 cm³/mol. The van der Waals surface area contributed by atoms with E-state index in [4.69, 9.17) is 4.74 Å². The molecule has 0 saturated carbocycles. The third kappa shape index (κ3) is 5.01. The lowest BCUT2D eigenvalue weighted by atomic mass is 10.1. The zero-order valence-electron chi connectivity index (χ0n) is 15.3. The molecule has 0 aliphatic carbocycles. The van der Waals surface area contributed by atoms with Gasteiger partial charge in [0.2, 0.25) is 10.0 Å². The number of hydrogen-bond acceptors (Lipinski definition) is 4. The van der Waals surface area contributed by atoms with E-state index in [1.807, 2.05) is 18.2 Å². The number of rotatable bonds is 6. The minimum atomic E-state index is -3.44. The molecular formula is C20H24N2O4S. The number of sulfonamides is 1. The van der Waals surface area contributed by atoms with Gasteiger partial charge in [0.25, 0.3) is 5.91 Å². The summed E-state index contributed by atoms with van der Waals surface area (Å²) in [5.41, 5.74) is 1.70. The minimum absolute atomic E-state index is 0.206. The molecule has 1 atom stereocenters. The average molecular weight is 388 g/mol. The number of benzene rings is 2. The first-order chi connectivity index (χ1) is 12.9. The monoisotopic (exact) mass is 388 g/mol. The van der Waals surface area contributed by atoms with E-state index < -0.39 is 16.1 Å². The molecule has 0 aromatic heterocycles. The molecule has 2 aromatic carbocycles. The smallest absolute Gasteiger partial charge is 0.261 e. The number of aryl methyl sites for hydroxylation is 1. The molecule has 1 N–H and O–H groups in total. The molecule has 0 bridgehead atoms. The Morgan fingerprint density at radius 1 is 1.15 bits per heavy atom. The maximum absolute atomic E-state index is 12.5. The Kier molecular flexibility index (Phi) is 6.01. The Labute approximate surface area is 160 Å². The van der Waals surface area contributed by atoms with Crippen LogP contribution in [0.2, 0.25) is 0 Å². The molecule has 0 spiro atoms. The third-order valence-electron chi connectivity index (χ3n) is 4.47. The maximum atomic E-state index is 12.5. The van der Waals surface area contributed by atoms with E-state index >= 15 is 0 Å². The highest BCUT2D eigenvalue weighted by atomic mass is 32.2. The topological polar surface area (TPSA) is 75.7 Å². The van der Waals surface area contributed by atoms with Crippen LogP contribution in [0.3, 0.4) is 0 Å². The van der Waals surface area contributed by atoms with Crippen LogP contribution in [0.15, 0.2) is 54.6 Å². The number of ether oxygens (including phenoxy) is 1. The number of nitrogens with one attached hydrogen (secondary N) is 1. The number of amides is 1. The number of carbonyl (C=O) groups excluding carboxylic acids is 1. The lowest BCUT2D eigenvalue weighted by Gasteiger charge is -2.20. The summed E-state index contributed by atoms with van der Waals surface area (Å²) in [6.07, 6.45) is 2.46. The van der Waals surface area contributed by atoms with Crippen molar-refractivity contribution in [2.75, 3.05) is 23.7 Å². The lowest BCUT2D eigenvalue weighted by Crippen LogP contribution is -2.40. The number of fused-ring (bicyclic) bond motifs is 1. The molecule has 27 heavy (non-hydrogen) atoms. The van der Waals surface area contributed by atoms with Crippen molar-refractivity contribution in [2.24, 2.45) is 0 Å². The quantitative estimate of drug-likeness (QED) is 0.771. The first kappa shape index (κ1) is 19.2. The average Bonchev–Trinajstić information content (AvgIpc) is 2.85. The number of nitrogens with zero attached hydrogens (tertiary/aromatic N) is 1. The summed E-state index contributed by atoms with van der Waals surface area (Å²) < 4.78 is 31.3. The van der Waals surface area contributed by atoms with Crippen LogP contribution < -0.4 is 14.4 Å². The summed E-state index contributed by atoms with van der Waals surface area (Å²) in [6.45, 7) is 0.753. The first-order valence-electron chi connectivity index (χ1n) is 9.00. The third-order valence-corrected chi connectivity index (χ3v) is 5.65. The van der Waals surface area contributed by atoms with Gasteiger partial charge >= 0.3 is 0 Å². The van der Waals surface area contributed by atoms with E-state index in [1.165, 1.54) is 9.87 Å². The summed E-state index contributed by atoms with van der Waals surface area (Å²) in [4.78, 5) is 12.5. The summed E-state index contributed by atoms with van der Waals surface area (Å²) >= 11 is 0. The van der Waals surface area contributed by atoms with Gasteiger partial charge in [-0.2, -0.15) is 0 Å². The van der Waals surface area contributed by atoms with Gasteiger partial charge < -0.3 is 10.1 Å². The molecular weight excluding hydrogens is 364 g/mol. The van der Waals surface area contributed by atoms with Crippen molar-refractivity contribution in [3.05, 3.63) is 60.2 Å². The minimum Gasteiger partial charge on any atom is -0.478 e. The molecule has 3 rings (SSSR count). The number of anilines is 1. The van der Waals surface area contributed by atoms with Crippen LogP contribution in [0.1, 0.15) is 18.4 Å². The van der Waals surface area contributed by atoms with E-state index in [1.54, 1.807) is 24.3 Å². The van der Waals surface area contributed by atoms with E-state index in [0.29, 0.717) is 24.4 Å². The Morgan fingerprint density at radius 2 is 1.85 bits per heavy atom. The van der Waals surface area contributed by atoms with Crippen molar-refractivity contribution in [2.45, 2.75) is 25.4 Å². The van der Waals surface area contributed by atoms with E-state index in [9.17, 15) is 13.2 Å². The van der Waals surface area contributed by atoms with Crippen molar-refractivity contribution < 1.29 is 17.9 Å². The summed E-state index contributed by atoms with van der Waals surface area (Å²) in [7, 11) is -3.44. The van der Waals surface area contributed by atoms with Gasteiger partial charge in [-0.15, -0.1) is 0 Å². The highest BCUT2D eigenvalue weighted by molar-refractivity contribution is 7.92. The van der Waals surface area contributed by atoms with E-state index in [2.05, 4.69) is 17.4 Å². The van der Waals surface area contributed by atoms with Crippen molar-refractivity contribution in [1.29, 1.82) is 0 Å². The molecule has 1 aliphatic rings. The fourth-order valence-electron chi connectivity index (χ4n) is 3.12. The Balaban J connectivity index is 1.60. The molecule has 1 aliphatic heterocycles. The fourth-order valence-corrected chi connectivity index (χ4v) is 4.07. The van der Waals surface area contributed by atoms with Crippen molar-refractivity contribution in [3.63, 3.8) is 0 Å². The molecule has 6 nitrogen and oxygen atoms in total. The van der Waals surface area contributed by atoms with Crippen LogP contribution in [0, 0.1) is 0 Å². The fraction of sp³-hybridized carbons (Fsp3) is 0.350. The second-order valence-corrected chi connectivity index (χ2v) is 8.49. The van der Waals surface area contributed by atoms with Gasteiger partial charge in [0.05, 0.1) is 11.9 Å². The zero-order valence-corrected chi connectivity index (χ0v) is 16.1. The maximum Gasteiger partial charge on any atom is 0.261 e. The molecule has 1 amide bonds. The van der Waals surface area contributed by atoms with E-state index in [0.717, 1.165) is 19.1 Å². The van der Waals surface area contributed by atoms with Gasteiger partial charge in [-0.05, 0) is 30.5 Å². The Morgan fingerprint density at radius 3 is 2.59 bits per heavy atom. The van der Waals surface area contributed by atoms with Crippen molar-refractivity contribution >= 4 is 21.6 Å². The normalized spacial score (nSPS) is 16.8. The largest absolute Gasteiger partial charge is 0.478 e. The molecule has 7 heteroatoms. The standard InChI is InChI=1S/C20H24N2O4S/c1-27(24,25)22-15-13-19(26-18-12-6-5-11-17(18)22)20(23)21-14-7-10-16-8-3-2-4-9-16/h2-6,8-9,11-12,19H,7,10,13-15H2,1H3,(H,21,23). The van der Waals surface area contributed by atoms with Gasteiger partial charge in [0.1, 0.15) is 5.75 Å². The Bertz CT molecular complexity index is 884. The van der Waals surface area contributed by atoms with E-state index in [-0.39, 0.29) is 12.5 Å². The molecule has 1 heterocycles. The van der Waals surface area contributed by atoms with Crippen LogP contribution in [-0.2, 0) is 21.2 Å². The van der Waals surface area contributed by atoms with Gasteiger partial charge in [-0.25, -0.2) is 8.42 Å². The molecule has 1 unspecified atom stereocenters. The van der Waals surface area contributed by atoms with Crippen LogP contribution in [0.25, 0.3) is 0 Å².